The molecule has 0 amide bonds. The van der Waals surface area contributed by atoms with Gasteiger partial charge in [-0.05, 0) is 44.9 Å². The maximum absolute atomic E-state index is 10.7. The molecule has 1 aromatic carbocycles. The molecule has 0 unspecified atom stereocenters. The summed E-state index contributed by atoms with van der Waals surface area (Å²) >= 11 is 0. The summed E-state index contributed by atoms with van der Waals surface area (Å²) in [7, 11) is 0. The number of epoxide rings is 1. The van der Waals surface area contributed by atoms with E-state index >= 15 is 0 Å². The van der Waals surface area contributed by atoms with Gasteiger partial charge in [0.25, 0.3) is 5.89 Å². The molecule has 3 heterocycles. The van der Waals surface area contributed by atoms with Crippen LogP contribution in [0.3, 0.4) is 0 Å². The van der Waals surface area contributed by atoms with Crippen molar-refractivity contribution in [3.8, 4) is 11.5 Å². The summed E-state index contributed by atoms with van der Waals surface area (Å²) in [6.45, 7) is 5.97. The van der Waals surface area contributed by atoms with Gasteiger partial charge >= 0.3 is 0 Å². The molecule has 8 heteroatoms. The number of hydrogen-bond donors (Lipinski definition) is 3. The van der Waals surface area contributed by atoms with Crippen LogP contribution in [0.2, 0.25) is 0 Å². The van der Waals surface area contributed by atoms with Gasteiger partial charge in [-0.1, -0.05) is 35.9 Å². The molecule has 2 saturated heterocycles. The normalized spacial score (nSPS) is 32.5. The zero-order valence-corrected chi connectivity index (χ0v) is 18.7. The molecule has 32 heavy (non-hydrogen) atoms. The first-order valence-corrected chi connectivity index (χ1v) is 11.2. The van der Waals surface area contributed by atoms with Crippen molar-refractivity contribution in [3.05, 3.63) is 41.7 Å². The number of aliphatic hydroxyl groups excluding tert-OH is 3. The molecule has 8 nitrogen and oxygen atoms in total. The lowest BCUT2D eigenvalue weighted by Crippen LogP contribution is -2.50. The second kappa shape index (κ2) is 9.80. The molecule has 1 aromatic heterocycles. The lowest BCUT2D eigenvalue weighted by Gasteiger charge is -2.38. The number of benzene rings is 1. The predicted molar refractivity (Wildman–Crippen MR) is 117 cm³/mol. The quantitative estimate of drug-likeness (QED) is 0.531. The highest BCUT2D eigenvalue weighted by molar-refractivity contribution is 5.54. The summed E-state index contributed by atoms with van der Waals surface area (Å²) in [5.74, 6) is 0.739. The second-order valence-corrected chi connectivity index (χ2v) is 9.11. The first kappa shape index (κ1) is 23.1. The van der Waals surface area contributed by atoms with Crippen LogP contribution < -0.4 is 0 Å². The molecule has 0 aliphatic carbocycles. The van der Waals surface area contributed by atoms with Crippen LogP contribution in [0.4, 0.5) is 0 Å². The SMILES string of the molecule is C/C(=C\c1noc(-c2ccccc2)n1)C[C@@H]1OC[C@H](C[C@@H]2O[C@H]2[C@@H](C)[C@H](C)O)[C@@H](O)[C@H]1O. The molecule has 2 aliphatic heterocycles. The Hall–Kier alpha value is -2.10. The molecule has 2 fully saturated rings. The summed E-state index contributed by atoms with van der Waals surface area (Å²) in [4.78, 5) is 4.39. The van der Waals surface area contributed by atoms with E-state index in [1.54, 1.807) is 13.0 Å². The molecular formula is C24H32N2O6. The van der Waals surface area contributed by atoms with Crippen molar-refractivity contribution in [2.24, 2.45) is 11.8 Å². The molecule has 174 valence electrons. The van der Waals surface area contributed by atoms with Crippen molar-refractivity contribution in [2.75, 3.05) is 6.61 Å². The topological polar surface area (TPSA) is 121 Å². The predicted octanol–water partition coefficient (Wildman–Crippen LogP) is 2.44. The van der Waals surface area contributed by atoms with Crippen LogP contribution in [0.25, 0.3) is 17.5 Å². The minimum Gasteiger partial charge on any atom is -0.393 e. The number of nitrogens with zero attached hydrogens (tertiary/aromatic N) is 2. The summed E-state index contributed by atoms with van der Waals surface area (Å²) in [5.41, 5.74) is 1.76. The van der Waals surface area contributed by atoms with Gasteiger partial charge in [0.2, 0.25) is 0 Å². The Kier molecular flexibility index (Phi) is 7.07. The van der Waals surface area contributed by atoms with Crippen molar-refractivity contribution in [2.45, 2.75) is 70.2 Å². The molecule has 2 aromatic rings. The van der Waals surface area contributed by atoms with Gasteiger partial charge in [0.15, 0.2) is 5.82 Å². The van der Waals surface area contributed by atoms with E-state index < -0.39 is 24.4 Å². The summed E-state index contributed by atoms with van der Waals surface area (Å²) in [6.07, 6.45) is 0.00874. The smallest absolute Gasteiger partial charge is 0.258 e. The molecular weight excluding hydrogens is 412 g/mol. The van der Waals surface area contributed by atoms with Gasteiger partial charge < -0.3 is 29.3 Å². The number of ether oxygens (including phenoxy) is 2. The molecule has 0 saturated carbocycles. The highest BCUT2D eigenvalue weighted by Gasteiger charge is 2.48. The molecule has 0 spiro atoms. The van der Waals surface area contributed by atoms with Gasteiger partial charge in [0.1, 0.15) is 6.10 Å². The van der Waals surface area contributed by atoms with Crippen molar-refractivity contribution >= 4 is 6.08 Å². The van der Waals surface area contributed by atoms with Crippen molar-refractivity contribution in [1.82, 2.24) is 10.1 Å². The van der Waals surface area contributed by atoms with Crippen LogP contribution in [0, 0.1) is 11.8 Å². The number of aliphatic hydroxyl groups is 3. The third-order valence-corrected chi connectivity index (χ3v) is 6.54. The van der Waals surface area contributed by atoms with Crippen LogP contribution in [-0.2, 0) is 9.47 Å². The Balaban J connectivity index is 1.30. The first-order chi connectivity index (χ1) is 15.3. The van der Waals surface area contributed by atoms with E-state index in [2.05, 4.69) is 10.1 Å². The van der Waals surface area contributed by atoms with Crippen molar-refractivity contribution < 1.29 is 29.3 Å². The van der Waals surface area contributed by atoms with Gasteiger partial charge in [-0.3, -0.25) is 0 Å². The van der Waals surface area contributed by atoms with E-state index in [-0.39, 0.29) is 24.0 Å². The van der Waals surface area contributed by atoms with Gasteiger partial charge in [0, 0.05) is 17.4 Å². The Labute approximate surface area is 187 Å². The standard InChI is InChI=1S/C24H32N2O6/c1-13(10-20-25-24(32-26-20)16-7-5-4-6-8-16)9-18-22(29)21(28)17(12-30-18)11-19-23(31-19)14(2)15(3)27/h4-8,10,14-15,17-19,21-23,27-29H,9,11-12H2,1-3H3/b13-10+/t14-,15-,17-,18-,19-,21+,22-,23-/m0/s1. The Bertz CT molecular complexity index is 914. The fourth-order valence-corrected chi connectivity index (χ4v) is 4.30. The lowest BCUT2D eigenvalue weighted by molar-refractivity contribution is -0.165. The van der Waals surface area contributed by atoms with E-state index in [1.165, 1.54) is 0 Å². The van der Waals surface area contributed by atoms with Crippen LogP contribution in [0.5, 0.6) is 0 Å². The van der Waals surface area contributed by atoms with Crippen LogP contribution in [-0.4, -0.2) is 68.7 Å². The van der Waals surface area contributed by atoms with E-state index in [1.807, 2.05) is 44.2 Å². The average molecular weight is 445 g/mol. The van der Waals surface area contributed by atoms with Gasteiger partial charge in [-0.2, -0.15) is 4.98 Å². The molecule has 8 atom stereocenters. The van der Waals surface area contributed by atoms with E-state index in [4.69, 9.17) is 14.0 Å². The fraction of sp³-hybridized carbons (Fsp3) is 0.583. The zero-order valence-electron chi connectivity index (χ0n) is 18.7. The van der Waals surface area contributed by atoms with E-state index in [0.29, 0.717) is 31.2 Å². The number of hydrogen-bond acceptors (Lipinski definition) is 8. The summed E-state index contributed by atoms with van der Waals surface area (Å²) in [5, 5.41) is 35.0. The van der Waals surface area contributed by atoms with Crippen molar-refractivity contribution in [3.63, 3.8) is 0 Å². The van der Waals surface area contributed by atoms with E-state index in [9.17, 15) is 15.3 Å². The maximum atomic E-state index is 10.7. The van der Waals surface area contributed by atoms with Gasteiger partial charge in [0.05, 0.1) is 37.1 Å². The number of rotatable bonds is 8. The Morgan fingerprint density at radius 2 is 1.91 bits per heavy atom. The van der Waals surface area contributed by atoms with Gasteiger partial charge in [-0.25, -0.2) is 0 Å². The fourth-order valence-electron chi connectivity index (χ4n) is 4.30. The Morgan fingerprint density at radius 3 is 2.62 bits per heavy atom. The number of aromatic nitrogens is 2. The van der Waals surface area contributed by atoms with Gasteiger partial charge in [-0.15, -0.1) is 0 Å². The second-order valence-electron chi connectivity index (χ2n) is 9.11. The summed E-state index contributed by atoms with van der Waals surface area (Å²) in [6, 6.07) is 9.54. The first-order valence-electron chi connectivity index (χ1n) is 11.2. The monoisotopic (exact) mass is 444 g/mol. The molecule has 0 bridgehead atoms. The molecule has 0 radical (unpaired) electrons. The van der Waals surface area contributed by atoms with Crippen LogP contribution in [0.1, 0.15) is 39.4 Å². The summed E-state index contributed by atoms with van der Waals surface area (Å²) < 4.78 is 16.9. The minimum atomic E-state index is -0.992. The zero-order chi connectivity index (χ0) is 22.8. The Morgan fingerprint density at radius 1 is 1.16 bits per heavy atom. The molecule has 2 aliphatic rings. The molecule has 4 rings (SSSR count). The van der Waals surface area contributed by atoms with E-state index in [0.717, 1.165) is 11.1 Å². The van der Waals surface area contributed by atoms with Crippen molar-refractivity contribution in [1.29, 1.82) is 0 Å². The average Bonchev–Trinajstić information content (AvgIpc) is 3.39. The van der Waals surface area contributed by atoms with Crippen LogP contribution >= 0.6 is 0 Å². The highest BCUT2D eigenvalue weighted by atomic mass is 16.6. The van der Waals surface area contributed by atoms with Crippen LogP contribution in [0.15, 0.2) is 40.4 Å². The third-order valence-electron chi connectivity index (χ3n) is 6.54. The third kappa shape index (κ3) is 5.27. The largest absolute Gasteiger partial charge is 0.393 e. The highest BCUT2D eigenvalue weighted by Crippen LogP contribution is 2.38. The maximum Gasteiger partial charge on any atom is 0.258 e. The minimum absolute atomic E-state index is 0.00187. The lowest BCUT2D eigenvalue weighted by atomic mass is 9.85. The molecule has 3 N–H and O–H groups in total.